The summed E-state index contributed by atoms with van der Waals surface area (Å²) in [5, 5.41) is 13.9. The smallest absolute Gasteiger partial charge is 0.0869 e. The molecule has 2 nitrogen and oxygen atoms in total. The Morgan fingerprint density at radius 1 is 1.56 bits per heavy atom. The molecular formula is C14H20BrNOS. The first-order valence-electron chi connectivity index (χ1n) is 6.42. The summed E-state index contributed by atoms with van der Waals surface area (Å²) in [6, 6.07) is 8.70. The minimum atomic E-state index is -0.510. The highest BCUT2D eigenvalue weighted by molar-refractivity contribution is 9.10. The standard InChI is InChI=1S/C14H20BrNOS/c1-2-13(11-4-3-5-12(15)8-11)16-9-14(17)6-7-18-10-14/h3-5,8,13,16-17H,2,6-7,9-10H2,1H3. The first-order valence-corrected chi connectivity index (χ1v) is 8.37. The summed E-state index contributed by atoms with van der Waals surface area (Å²) in [6.07, 6.45) is 1.93. The number of rotatable bonds is 5. The fourth-order valence-electron chi connectivity index (χ4n) is 2.27. The van der Waals surface area contributed by atoms with E-state index in [-0.39, 0.29) is 0 Å². The molecule has 0 aliphatic carbocycles. The number of nitrogens with one attached hydrogen (secondary N) is 1. The van der Waals surface area contributed by atoms with E-state index in [1.54, 1.807) is 0 Å². The Morgan fingerprint density at radius 3 is 3.00 bits per heavy atom. The number of thioether (sulfide) groups is 1. The fraction of sp³-hybridized carbons (Fsp3) is 0.571. The highest BCUT2D eigenvalue weighted by Gasteiger charge is 2.31. The first-order chi connectivity index (χ1) is 8.63. The van der Waals surface area contributed by atoms with Crippen LogP contribution in [0.3, 0.4) is 0 Å². The van der Waals surface area contributed by atoms with Gasteiger partial charge < -0.3 is 10.4 Å². The van der Waals surface area contributed by atoms with Gasteiger partial charge in [0.1, 0.15) is 0 Å². The molecule has 1 aliphatic rings. The van der Waals surface area contributed by atoms with Crippen LogP contribution in [0.5, 0.6) is 0 Å². The molecule has 1 heterocycles. The Balaban J connectivity index is 1.97. The van der Waals surface area contributed by atoms with Crippen LogP contribution < -0.4 is 5.32 Å². The van der Waals surface area contributed by atoms with Gasteiger partial charge in [0.25, 0.3) is 0 Å². The average molecular weight is 330 g/mol. The van der Waals surface area contributed by atoms with Crippen LogP contribution in [0, 0.1) is 0 Å². The number of hydrogen-bond acceptors (Lipinski definition) is 3. The summed E-state index contributed by atoms with van der Waals surface area (Å²) in [6.45, 7) is 2.86. The Labute approximate surface area is 122 Å². The summed E-state index contributed by atoms with van der Waals surface area (Å²) in [5.74, 6) is 1.93. The number of benzene rings is 1. The maximum Gasteiger partial charge on any atom is 0.0869 e. The van der Waals surface area contributed by atoms with E-state index in [4.69, 9.17) is 0 Å². The number of halogens is 1. The molecule has 0 bridgehead atoms. The molecule has 0 spiro atoms. The van der Waals surface area contributed by atoms with E-state index >= 15 is 0 Å². The molecule has 0 amide bonds. The molecule has 1 aromatic carbocycles. The monoisotopic (exact) mass is 329 g/mol. The molecule has 0 radical (unpaired) electrons. The van der Waals surface area contributed by atoms with Crippen molar-refractivity contribution in [3.05, 3.63) is 34.3 Å². The van der Waals surface area contributed by atoms with Crippen LogP contribution in [0.2, 0.25) is 0 Å². The van der Waals surface area contributed by atoms with Crippen molar-refractivity contribution in [2.24, 2.45) is 0 Å². The van der Waals surface area contributed by atoms with Gasteiger partial charge in [-0.3, -0.25) is 0 Å². The maximum absolute atomic E-state index is 10.3. The lowest BCUT2D eigenvalue weighted by Gasteiger charge is -2.26. The average Bonchev–Trinajstić information content (AvgIpc) is 2.77. The summed E-state index contributed by atoms with van der Waals surface area (Å²) in [5.41, 5.74) is 0.769. The molecule has 2 unspecified atom stereocenters. The molecule has 100 valence electrons. The van der Waals surface area contributed by atoms with E-state index in [2.05, 4.69) is 46.4 Å². The molecule has 2 N–H and O–H groups in total. The van der Waals surface area contributed by atoms with Crippen molar-refractivity contribution in [3.8, 4) is 0 Å². The van der Waals surface area contributed by atoms with E-state index in [0.29, 0.717) is 12.6 Å². The molecule has 0 aromatic heterocycles. The van der Waals surface area contributed by atoms with Crippen molar-refractivity contribution in [2.45, 2.75) is 31.4 Å². The van der Waals surface area contributed by atoms with Gasteiger partial charge in [-0.2, -0.15) is 11.8 Å². The predicted octanol–water partition coefficient (Wildman–Crippen LogP) is 3.36. The molecule has 18 heavy (non-hydrogen) atoms. The van der Waals surface area contributed by atoms with Gasteiger partial charge in [0, 0.05) is 22.8 Å². The predicted molar refractivity (Wildman–Crippen MR) is 82.1 cm³/mol. The third-order valence-corrected chi connectivity index (χ3v) is 5.15. The molecule has 2 rings (SSSR count). The van der Waals surface area contributed by atoms with Crippen LogP contribution in [-0.2, 0) is 0 Å². The summed E-state index contributed by atoms with van der Waals surface area (Å²) in [7, 11) is 0. The fourth-order valence-corrected chi connectivity index (χ4v) is 3.98. The zero-order valence-corrected chi connectivity index (χ0v) is 13.1. The van der Waals surface area contributed by atoms with Crippen LogP contribution in [-0.4, -0.2) is 28.8 Å². The lowest BCUT2D eigenvalue weighted by atomic mass is 10.0. The van der Waals surface area contributed by atoms with Crippen LogP contribution >= 0.6 is 27.7 Å². The topological polar surface area (TPSA) is 32.3 Å². The van der Waals surface area contributed by atoms with Crippen LogP contribution in [0.4, 0.5) is 0 Å². The summed E-state index contributed by atoms with van der Waals surface area (Å²) >= 11 is 5.35. The van der Waals surface area contributed by atoms with E-state index in [1.807, 2.05) is 17.8 Å². The Morgan fingerprint density at radius 2 is 2.39 bits per heavy atom. The van der Waals surface area contributed by atoms with E-state index in [0.717, 1.165) is 28.8 Å². The summed E-state index contributed by atoms with van der Waals surface area (Å²) in [4.78, 5) is 0. The summed E-state index contributed by atoms with van der Waals surface area (Å²) < 4.78 is 1.11. The van der Waals surface area contributed by atoms with Gasteiger partial charge >= 0.3 is 0 Å². The SMILES string of the molecule is CCC(NCC1(O)CCSC1)c1cccc(Br)c1. The van der Waals surface area contributed by atoms with Crippen LogP contribution in [0.25, 0.3) is 0 Å². The number of aliphatic hydroxyl groups is 1. The van der Waals surface area contributed by atoms with Gasteiger partial charge in [0.15, 0.2) is 0 Å². The molecule has 1 saturated heterocycles. The van der Waals surface area contributed by atoms with Crippen molar-refractivity contribution < 1.29 is 5.11 Å². The first kappa shape index (κ1) is 14.4. The molecule has 4 heteroatoms. The van der Waals surface area contributed by atoms with Gasteiger partial charge in [-0.15, -0.1) is 0 Å². The maximum atomic E-state index is 10.3. The normalized spacial score (nSPS) is 25.3. The second kappa shape index (κ2) is 6.42. The highest BCUT2D eigenvalue weighted by atomic mass is 79.9. The molecule has 0 saturated carbocycles. The molecule has 1 fully saturated rings. The molecule has 1 aliphatic heterocycles. The largest absolute Gasteiger partial charge is 0.388 e. The van der Waals surface area contributed by atoms with Crippen molar-refractivity contribution >= 4 is 27.7 Å². The second-order valence-corrected chi connectivity index (χ2v) is 6.94. The van der Waals surface area contributed by atoms with Crippen molar-refractivity contribution in [3.63, 3.8) is 0 Å². The minimum Gasteiger partial charge on any atom is -0.388 e. The van der Waals surface area contributed by atoms with Gasteiger partial charge in [-0.05, 0) is 36.3 Å². The zero-order valence-electron chi connectivity index (χ0n) is 10.7. The van der Waals surface area contributed by atoms with Gasteiger partial charge in [-0.25, -0.2) is 0 Å². The van der Waals surface area contributed by atoms with E-state index in [1.165, 1.54) is 5.56 Å². The number of hydrogen-bond donors (Lipinski definition) is 2. The highest BCUT2D eigenvalue weighted by Crippen LogP contribution is 2.28. The van der Waals surface area contributed by atoms with Gasteiger partial charge in [0.05, 0.1) is 5.60 Å². The van der Waals surface area contributed by atoms with Crippen molar-refractivity contribution in [1.82, 2.24) is 5.32 Å². The second-order valence-electron chi connectivity index (χ2n) is 4.92. The Bertz CT molecular complexity index is 393. The van der Waals surface area contributed by atoms with Crippen LogP contribution in [0.15, 0.2) is 28.7 Å². The van der Waals surface area contributed by atoms with Crippen LogP contribution in [0.1, 0.15) is 31.4 Å². The quantitative estimate of drug-likeness (QED) is 0.868. The van der Waals surface area contributed by atoms with Crippen molar-refractivity contribution in [2.75, 3.05) is 18.1 Å². The molecule has 2 atom stereocenters. The lowest BCUT2D eigenvalue weighted by Crippen LogP contribution is -2.41. The Kier molecular flexibility index (Phi) is 5.13. The van der Waals surface area contributed by atoms with Gasteiger partial charge in [0.2, 0.25) is 0 Å². The minimum absolute atomic E-state index is 0.317. The van der Waals surface area contributed by atoms with E-state index < -0.39 is 5.60 Å². The molecule has 1 aromatic rings. The van der Waals surface area contributed by atoms with Crippen molar-refractivity contribution in [1.29, 1.82) is 0 Å². The zero-order chi connectivity index (χ0) is 13.0. The van der Waals surface area contributed by atoms with Gasteiger partial charge in [-0.1, -0.05) is 35.0 Å². The third kappa shape index (κ3) is 3.73. The molecular weight excluding hydrogens is 310 g/mol. The third-order valence-electron chi connectivity index (χ3n) is 3.42. The Hall–Kier alpha value is -0.0300. The lowest BCUT2D eigenvalue weighted by molar-refractivity contribution is 0.0643. The van der Waals surface area contributed by atoms with E-state index in [9.17, 15) is 5.11 Å².